The number of amides is 1. The van der Waals surface area contributed by atoms with Crippen LogP contribution in [-0.2, 0) is 11.8 Å². The molecule has 0 bridgehead atoms. The molecule has 0 aliphatic carbocycles. The molecule has 0 aromatic carbocycles. The summed E-state index contributed by atoms with van der Waals surface area (Å²) in [5, 5.41) is 7.61. The van der Waals surface area contributed by atoms with Crippen molar-refractivity contribution in [3.05, 3.63) is 12.4 Å². The number of rotatable bonds is 6. The van der Waals surface area contributed by atoms with Crippen molar-refractivity contribution >= 4 is 17.6 Å². The molecule has 1 aromatic rings. The Morgan fingerprint density at radius 2 is 2.00 bits per heavy atom. The van der Waals surface area contributed by atoms with Crippen LogP contribution < -0.4 is 10.2 Å². The van der Waals surface area contributed by atoms with Crippen LogP contribution in [0.4, 0.5) is 5.69 Å². The minimum absolute atomic E-state index is 0.0838. The Balaban J connectivity index is 1.38. The maximum absolute atomic E-state index is 12.6. The van der Waals surface area contributed by atoms with Gasteiger partial charge in [-0.3, -0.25) is 14.5 Å². The standard InChI is InChI=1S/C21H37N7O/c1-17-11-18(2)14-26(13-17)8-6-5-7-23-21(22-3)27-9-10-28(20(29)16-27)19-12-24-25(4)15-19/h12,15,17-18H,5-11,13-14,16H2,1-4H3,(H,22,23). The number of guanidine groups is 1. The van der Waals surface area contributed by atoms with Crippen molar-refractivity contribution in [1.29, 1.82) is 0 Å². The zero-order chi connectivity index (χ0) is 20.8. The van der Waals surface area contributed by atoms with E-state index in [4.69, 9.17) is 0 Å². The lowest BCUT2D eigenvalue weighted by Crippen LogP contribution is -2.55. The van der Waals surface area contributed by atoms with Crippen LogP contribution in [0, 0.1) is 11.8 Å². The molecule has 1 N–H and O–H groups in total. The van der Waals surface area contributed by atoms with Gasteiger partial charge in [-0.25, -0.2) is 0 Å². The van der Waals surface area contributed by atoms with E-state index >= 15 is 0 Å². The number of aromatic nitrogens is 2. The highest BCUT2D eigenvalue weighted by atomic mass is 16.2. The van der Waals surface area contributed by atoms with Crippen molar-refractivity contribution in [3.8, 4) is 0 Å². The van der Waals surface area contributed by atoms with Crippen molar-refractivity contribution in [2.75, 3.05) is 57.8 Å². The molecule has 162 valence electrons. The number of aryl methyl sites for hydroxylation is 1. The van der Waals surface area contributed by atoms with E-state index in [0.717, 1.165) is 43.0 Å². The second-order valence-corrected chi connectivity index (χ2v) is 8.73. The van der Waals surface area contributed by atoms with E-state index in [1.807, 2.05) is 18.1 Å². The number of carbonyl (C=O) groups excluding carboxylic acids is 1. The molecule has 1 amide bonds. The molecule has 8 heteroatoms. The number of unbranched alkanes of at least 4 members (excludes halogenated alkanes) is 1. The molecule has 0 radical (unpaired) electrons. The number of nitrogens with one attached hydrogen (secondary N) is 1. The molecule has 2 saturated heterocycles. The van der Waals surface area contributed by atoms with Crippen LogP contribution in [0.15, 0.2) is 17.4 Å². The first-order chi connectivity index (χ1) is 14.0. The van der Waals surface area contributed by atoms with E-state index < -0.39 is 0 Å². The van der Waals surface area contributed by atoms with Gasteiger partial charge in [-0.15, -0.1) is 0 Å². The van der Waals surface area contributed by atoms with Crippen molar-refractivity contribution in [3.63, 3.8) is 0 Å². The van der Waals surface area contributed by atoms with Crippen LogP contribution in [0.2, 0.25) is 0 Å². The molecular weight excluding hydrogens is 366 g/mol. The van der Waals surface area contributed by atoms with Crippen LogP contribution in [0.5, 0.6) is 0 Å². The van der Waals surface area contributed by atoms with Crippen LogP contribution in [0.1, 0.15) is 33.1 Å². The zero-order valence-electron chi connectivity index (χ0n) is 18.5. The largest absolute Gasteiger partial charge is 0.356 e. The highest BCUT2D eigenvalue weighted by Gasteiger charge is 2.27. The minimum Gasteiger partial charge on any atom is -0.356 e. The average Bonchev–Trinajstić information content (AvgIpc) is 3.10. The number of hydrogen-bond acceptors (Lipinski definition) is 4. The SMILES string of the molecule is CN=C(NCCCCN1CC(C)CC(C)C1)N1CCN(c2cnn(C)c2)C(=O)C1. The normalized spacial score (nSPS) is 24.3. The van der Waals surface area contributed by atoms with E-state index in [9.17, 15) is 4.79 Å². The molecule has 8 nitrogen and oxygen atoms in total. The quantitative estimate of drug-likeness (QED) is 0.442. The van der Waals surface area contributed by atoms with Gasteiger partial charge in [-0.05, 0) is 37.6 Å². The summed E-state index contributed by atoms with van der Waals surface area (Å²) >= 11 is 0. The molecule has 0 spiro atoms. The lowest BCUT2D eigenvalue weighted by atomic mass is 9.92. The van der Waals surface area contributed by atoms with Gasteiger partial charge >= 0.3 is 0 Å². The molecule has 1 aromatic heterocycles. The summed E-state index contributed by atoms with van der Waals surface area (Å²) in [5.41, 5.74) is 0.862. The number of carbonyl (C=O) groups is 1. The number of piperidine rings is 1. The van der Waals surface area contributed by atoms with Crippen molar-refractivity contribution < 1.29 is 4.79 Å². The highest BCUT2D eigenvalue weighted by molar-refractivity contribution is 5.98. The summed E-state index contributed by atoms with van der Waals surface area (Å²) in [5.74, 6) is 2.54. The molecule has 3 heterocycles. The fourth-order valence-electron chi connectivity index (χ4n) is 4.64. The Labute approximate surface area is 174 Å². The van der Waals surface area contributed by atoms with Crippen molar-refractivity contribution in [1.82, 2.24) is 24.9 Å². The molecule has 29 heavy (non-hydrogen) atoms. The van der Waals surface area contributed by atoms with Crippen molar-refractivity contribution in [2.24, 2.45) is 23.9 Å². The first kappa shape index (κ1) is 21.6. The third kappa shape index (κ3) is 5.95. The monoisotopic (exact) mass is 403 g/mol. The van der Waals surface area contributed by atoms with Gasteiger partial charge in [0.05, 0.1) is 11.9 Å². The van der Waals surface area contributed by atoms with Gasteiger partial charge in [0, 0.05) is 53.0 Å². The molecule has 2 aliphatic rings. The summed E-state index contributed by atoms with van der Waals surface area (Å²) in [6, 6.07) is 0. The molecule has 2 unspecified atom stereocenters. The molecule has 0 saturated carbocycles. The van der Waals surface area contributed by atoms with Crippen LogP contribution in [0.3, 0.4) is 0 Å². The van der Waals surface area contributed by atoms with E-state index in [-0.39, 0.29) is 5.91 Å². The van der Waals surface area contributed by atoms with E-state index in [2.05, 4.69) is 34.2 Å². The number of hydrogen-bond donors (Lipinski definition) is 1. The number of nitrogens with zero attached hydrogens (tertiary/aromatic N) is 6. The fourth-order valence-corrected chi connectivity index (χ4v) is 4.64. The number of anilines is 1. The van der Waals surface area contributed by atoms with Gasteiger partial charge in [0.1, 0.15) is 6.54 Å². The summed E-state index contributed by atoms with van der Waals surface area (Å²) in [6.45, 7) is 11.0. The van der Waals surface area contributed by atoms with Gasteiger partial charge in [-0.2, -0.15) is 5.10 Å². The minimum atomic E-state index is 0.0838. The topological polar surface area (TPSA) is 69.0 Å². The van der Waals surface area contributed by atoms with Gasteiger partial charge < -0.3 is 20.0 Å². The van der Waals surface area contributed by atoms with Crippen LogP contribution >= 0.6 is 0 Å². The fraction of sp³-hybridized carbons (Fsp3) is 0.762. The van der Waals surface area contributed by atoms with E-state index in [1.165, 1.54) is 32.5 Å². The predicted octanol–water partition coefficient (Wildman–Crippen LogP) is 1.40. The zero-order valence-corrected chi connectivity index (χ0v) is 18.5. The Kier molecular flexibility index (Phi) is 7.52. The van der Waals surface area contributed by atoms with Gasteiger partial charge in [0.2, 0.25) is 5.91 Å². The highest BCUT2D eigenvalue weighted by Crippen LogP contribution is 2.21. The van der Waals surface area contributed by atoms with Gasteiger partial charge in [0.15, 0.2) is 5.96 Å². The Morgan fingerprint density at radius 3 is 2.62 bits per heavy atom. The Bertz CT molecular complexity index is 691. The maximum Gasteiger partial charge on any atom is 0.246 e. The summed E-state index contributed by atoms with van der Waals surface area (Å²) in [7, 11) is 3.65. The third-order valence-corrected chi connectivity index (χ3v) is 5.86. The third-order valence-electron chi connectivity index (χ3n) is 5.86. The smallest absolute Gasteiger partial charge is 0.246 e. The Morgan fingerprint density at radius 1 is 1.24 bits per heavy atom. The summed E-state index contributed by atoms with van der Waals surface area (Å²) in [4.78, 5) is 23.5. The number of aliphatic imine (C=N–C) groups is 1. The molecule has 2 fully saturated rings. The summed E-state index contributed by atoms with van der Waals surface area (Å²) in [6.07, 6.45) is 7.29. The van der Waals surface area contributed by atoms with Gasteiger partial charge in [-0.1, -0.05) is 13.8 Å². The first-order valence-corrected chi connectivity index (χ1v) is 10.9. The van der Waals surface area contributed by atoms with E-state index in [0.29, 0.717) is 13.1 Å². The molecule has 2 atom stereocenters. The van der Waals surface area contributed by atoms with Gasteiger partial charge in [0.25, 0.3) is 0 Å². The molecular formula is C21H37N7O. The lowest BCUT2D eigenvalue weighted by molar-refractivity contribution is -0.120. The summed E-state index contributed by atoms with van der Waals surface area (Å²) < 4.78 is 1.72. The van der Waals surface area contributed by atoms with Crippen LogP contribution in [0.25, 0.3) is 0 Å². The van der Waals surface area contributed by atoms with Crippen LogP contribution in [-0.4, -0.2) is 84.3 Å². The maximum atomic E-state index is 12.6. The second-order valence-electron chi connectivity index (χ2n) is 8.73. The number of likely N-dealkylation sites (tertiary alicyclic amines) is 1. The molecule has 3 rings (SSSR count). The van der Waals surface area contributed by atoms with E-state index in [1.54, 1.807) is 22.8 Å². The second kappa shape index (κ2) is 10.1. The Hall–Kier alpha value is -2.09. The number of piperazine rings is 1. The predicted molar refractivity (Wildman–Crippen MR) is 117 cm³/mol. The molecule has 2 aliphatic heterocycles. The first-order valence-electron chi connectivity index (χ1n) is 10.9. The average molecular weight is 404 g/mol. The van der Waals surface area contributed by atoms with Crippen molar-refractivity contribution in [2.45, 2.75) is 33.1 Å². The lowest BCUT2D eigenvalue weighted by Gasteiger charge is -2.35.